The monoisotopic (exact) mass is 258 g/mol. The fraction of sp³-hybridized carbons (Fsp3) is 0.875. The molecule has 0 aromatic rings. The fourth-order valence-electron chi connectivity index (χ4n) is 0.951. The highest BCUT2D eigenvalue weighted by atomic mass is 32.2. The smallest absolute Gasteiger partial charge is 0.397 e. The lowest BCUT2D eigenvalue weighted by Crippen LogP contribution is -2.38. The number of rotatable bonds is 9. The van der Waals surface area contributed by atoms with Crippen LogP contribution in [0, 0.1) is 0 Å². The largest absolute Gasteiger partial charge is 0.691 e. The SMILES string of the molecule is CCCCCCNC(=O)C(F)(F)SOO[O-]. The van der Waals surface area contributed by atoms with Gasteiger partial charge < -0.3 is 10.6 Å². The molecule has 0 aliphatic carbocycles. The average molecular weight is 258 g/mol. The number of hydrogen-bond acceptors (Lipinski definition) is 5. The van der Waals surface area contributed by atoms with Gasteiger partial charge in [-0.2, -0.15) is 13.1 Å². The first-order valence-corrected chi connectivity index (χ1v) is 5.59. The van der Waals surface area contributed by atoms with Gasteiger partial charge in [-0.3, -0.25) is 9.83 Å². The van der Waals surface area contributed by atoms with E-state index in [0.29, 0.717) is 6.42 Å². The van der Waals surface area contributed by atoms with Gasteiger partial charge in [0.25, 0.3) is 0 Å². The van der Waals surface area contributed by atoms with Crippen LogP contribution in [0.1, 0.15) is 32.6 Å². The zero-order valence-electron chi connectivity index (χ0n) is 8.83. The Morgan fingerprint density at radius 2 is 2.12 bits per heavy atom. The molecule has 1 amide bonds. The molecule has 5 nitrogen and oxygen atoms in total. The lowest BCUT2D eigenvalue weighted by atomic mass is 10.2. The van der Waals surface area contributed by atoms with Gasteiger partial charge >= 0.3 is 11.2 Å². The third kappa shape index (κ3) is 6.94. The molecule has 0 fully saturated rings. The maximum atomic E-state index is 12.8. The van der Waals surface area contributed by atoms with Gasteiger partial charge in [0, 0.05) is 6.54 Å². The second-order valence-corrected chi connectivity index (χ2v) is 3.87. The summed E-state index contributed by atoms with van der Waals surface area (Å²) in [5.41, 5.74) is 0. The first-order chi connectivity index (χ1) is 7.54. The number of halogens is 2. The molecule has 8 heteroatoms. The molecule has 0 saturated carbocycles. The number of nitrogens with one attached hydrogen (secondary N) is 1. The average Bonchev–Trinajstić information content (AvgIpc) is 2.26. The van der Waals surface area contributed by atoms with Crippen molar-refractivity contribution in [2.24, 2.45) is 0 Å². The summed E-state index contributed by atoms with van der Waals surface area (Å²) in [7, 11) is 0. The molecule has 0 aliphatic rings. The summed E-state index contributed by atoms with van der Waals surface area (Å²) in [6.45, 7) is 2.19. The van der Waals surface area contributed by atoms with Crippen LogP contribution in [-0.4, -0.2) is 17.7 Å². The minimum Gasteiger partial charge on any atom is -0.691 e. The normalized spacial score (nSPS) is 11.5. The summed E-state index contributed by atoms with van der Waals surface area (Å²) in [6, 6.07) is 0. The second kappa shape index (κ2) is 8.68. The lowest BCUT2D eigenvalue weighted by Gasteiger charge is -2.14. The minimum absolute atomic E-state index is 0.174. The van der Waals surface area contributed by atoms with E-state index in [2.05, 4.69) is 9.37 Å². The summed E-state index contributed by atoms with van der Waals surface area (Å²) >= 11 is -0.625. The van der Waals surface area contributed by atoms with Gasteiger partial charge in [-0.1, -0.05) is 26.2 Å². The number of amides is 1. The van der Waals surface area contributed by atoms with E-state index >= 15 is 0 Å². The molecule has 0 aromatic heterocycles. The van der Waals surface area contributed by atoms with Crippen LogP contribution < -0.4 is 10.6 Å². The molecule has 0 rings (SSSR count). The van der Waals surface area contributed by atoms with Crippen molar-refractivity contribution >= 4 is 17.9 Å². The molecule has 0 bridgehead atoms. The third-order valence-corrected chi connectivity index (χ3v) is 2.27. The van der Waals surface area contributed by atoms with Gasteiger partial charge in [0.1, 0.15) is 12.0 Å². The lowest BCUT2D eigenvalue weighted by molar-refractivity contribution is -0.777. The predicted octanol–water partition coefficient (Wildman–Crippen LogP) is 1.15. The first kappa shape index (κ1) is 15.6. The molecule has 0 heterocycles. The molecule has 0 aliphatic heterocycles. The highest BCUT2D eigenvalue weighted by Gasteiger charge is 2.41. The van der Waals surface area contributed by atoms with Crippen molar-refractivity contribution in [3.8, 4) is 0 Å². The molecule has 0 radical (unpaired) electrons. The predicted molar refractivity (Wildman–Crippen MR) is 51.9 cm³/mol. The topological polar surface area (TPSA) is 70.6 Å². The summed E-state index contributed by atoms with van der Waals surface area (Å²) in [6.07, 6.45) is 3.53. The Hall–Kier alpha value is -0.440. The summed E-state index contributed by atoms with van der Waals surface area (Å²) in [5, 5.41) is 10.3. The number of alkyl halides is 2. The van der Waals surface area contributed by atoms with E-state index in [1.807, 2.05) is 12.2 Å². The zero-order valence-corrected chi connectivity index (χ0v) is 9.65. The van der Waals surface area contributed by atoms with Crippen molar-refractivity contribution in [2.75, 3.05) is 6.54 Å². The van der Waals surface area contributed by atoms with E-state index in [0.717, 1.165) is 19.3 Å². The van der Waals surface area contributed by atoms with E-state index in [9.17, 15) is 18.8 Å². The van der Waals surface area contributed by atoms with Gasteiger partial charge in [-0.05, 0) is 6.42 Å². The summed E-state index contributed by atoms with van der Waals surface area (Å²) < 4.78 is 29.0. The van der Waals surface area contributed by atoms with Gasteiger partial charge in [0.05, 0.1) is 0 Å². The van der Waals surface area contributed by atoms with Gasteiger partial charge in [0.2, 0.25) is 0 Å². The van der Waals surface area contributed by atoms with Crippen molar-refractivity contribution in [3.63, 3.8) is 0 Å². The second-order valence-electron chi connectivity index (χ2n) is 3.05. The van der Waals surface area contributed by atoms with Crippen molar-refractivity contribution in [2.45, 2.75) is 37.9 Å². The Morgan fingerprint density at radius 1 is 1.44 bits per heavy atom. The third-order valence-electron chi connectivity index (χ3n) is 1.75. The molecule has 0 spiro atoms. The van der Waals surface area contributed by atoms with E-state index < -0.39 is 23.2 Å². The molecule has 16 heavy (non-hydrogen) atoms. The van der Waals surface area contributed by atoms with E-state index in [1.54, 1.807) is 0 Å². The van der Waals surface area contributed by atoms with Crippen LogP contribution in [0.2, 0.25) is 0 Å². The Morgan fingerprint density at radius 3 is 2.69 bits per heavy atom. The molecule has 0 unspecified atom stereocenters. The van der Waals surface area contributed by atoms with Crippen molar-refractivity contribution in [1.29, 1.82) is 0 Å². The van der Waals surface area contributed by atoms with Crippen LogP contribution in [0.3, 0.4) is 0 Å². The van der Waals surface area contributed by atoms with Crippen molar-refractivity contribution in [3.05, 3.63) is 0 Å². The summed E-state index contributed by atoms with van der Waals surface area (Å²) in [5.74, 6) is -1.49. The Labute approximate surface area is 96.5 Å². The van der Waals surface area contributed by atoms with Crippen LogP contribution >= 0.6 is 12.0 Å². The number of carbonyl (C=O) groups is 1. The minimum atomic E-state index is -3.82. The van der Waals surface area contributed by atoms with Gasteiger partial charge in [0.15, 0.2) is 0 Å². The van der Waals surface area contributed by atoms with Gasteiger partial charge in [-0.15, -0.1) is 0 Å². The summed E-state index contributed by atoms with van der Waals surface area (Å²) in [4.78, 5) is 10.9. The maximum Gasteiger partial charge on any atom is 0.397 e. The Balaban J connectivity index is 3.69. The van der Waals surface area contributed by atoms with Gasteiger partial charge in [-0.25, -0.2) is 0 Å². The molecule has 0 saturated heterocycles. The number of carbonyl (C=O) groups excluding carboxylic acids is 1. The number of unbranched alkanes of at least 4 members (excludes halogenated alkanes) is 3. The standard InChI is InChI=1S/C8H15F2NO4S/c1-2-3-4-5-6-11-7(12)8(9,10)16-15-14-13/h13H,2-6H2,1H3,(H,11,12)/p-1. The van der Waals surface area contributed by atoms with Crippen LogP contribution in [0.4, 0.5) is 8.78 Å². The number of hydrogen-bond donors (Lipinski definition) is 1. The fourth-order valence-corrected chi connectivity index (χ4v) is 1.21. The molecule has 0 aromatic carbocycles. The Bertz CT molecular complexity index is 206. The zero-order chi connectivity index (χ0) is 12.4. The highest BCUT2D eigenvalue weighted by molar-refractivity contribution is 7.96. The van der Waals surface area contributed by atoms with Crippen LogP contribution in [0.5, 0.6) is 0 Å². The van der Waals surface area contributed by atoms with E-state index in [-0.39, 0.29) is 6.54 Å². The Kier molecular flexibility index (Phi) is 8.44. The molecular formula is C8H14F2NO4S-. The first-order valence-electron chi connectivity index (χ1n) is 4.85. The van der Waals surface area contributed by atoms with E-state index in [4.69, 9.17) is 0 Å². The van der Waals surface area contributed by atoms with Crippen molar-refractivity contribution in [1.82, 2.24) is 5.32 Å². The molecular weight excluding hydrogens is 244 g/mol. The molecule has 0 atom stereocenters. The van der Waals surface area contributed by atoms with Crippen molar-refractivity contribution < 1.29 is 28.2 Å². The maximum absolute atomic E-state index is 12.8. The van der Waals surface area contributed by atoms with Crippen LogP contribution in [-0.2, 0) is 14.2 Å². The van der Waals surface area contributed by atoms with E-state index in [1.165, 1.54) is 0 Å². The molecule has 96 valence electrons. The van der Waals surface area contributed by atoms with Crippen LogP contribution in [0.25, 0.3) is 0 Å². The quantitative estimate of drug-likeness (QED) is 0.291. The highest BCUT2D eigenvalue weighted by Crippen LogP contribution is 2.29. The molecule has 1 N–H and O–H groups in total. The van der Waals surface area contributed by atoms with Crippen LogP contribution in [0.15, 0.2) is 0 Å².